The molecule has 10 heteroatoms. The second-order valence-corrected chi connectivity index (χ2v) is 15.8. The largest absolute Gasteiger partial charge is 0.619 e. The fourth-order valence-corrected chi connectivity index (χ4v) is 9.41. The highest BCUT2D eigenvalue weighted by Crippen LogP contribution is 2.70. The van der Waals surface area contributed by atoms with Gasteiger partial charge in [0.2, 0.25) is 0 Å². The molecule has 1 atom stereocenters. The minimum atomic E-state index is -1.13. The number of hydrogen-bond donors (Lipinski definition) is 0. The molecular weight excluding hydrogens is 629 g/mol. The first kappa shape index (κ1) is 32.3. The molecule has 0 radical (unpaired) electrons. The number of rotatable bonds is 8. The van der Waals surface area contributed by atoms with Crippen LogP contribution in [0.15, 0.2) is 60.9 Å². The zero-order chi connectivity index (χ0) is 33.5. The molecule has 2 saturated heterocycles. The fourth-order valence-electron chi connectivity index (χ4n) is 9.06. The van der Waals surface area contributed by atoms with Gasteiger partial charge >= 0.3 is 7.12 Å². The first-order valence-electron chi connectivity index (χ1n) is 17.1. The van der Waals surface area contributed by atoms with Crippen molar-refractivity contribution in [3.8, 4) is 5.75 Å². The second kappa shape index (κ2) is 11.6. The van der Waals surface area contributed by atoms with Gasteiger partial charge in [0, 0.05) is 30.4 Å². The van der Waals surface area contributed by atoms with Gasteiger partial charge in [-0.1, -0.05) is 60.2 Å². The van der Waals surface area contributed by atoms with E-state index in [2.05, 4.69) is 27.7 Å². The predicted octanol–water partition coefficient (Wildman–Crippen LogP) is 6.98. The molecule has 1 aromatic heterocycles. The molecule has 8 nitrogen and oxygen atoms in total. The lowest BCUT2D eigenvalue weighted by Crippen LogP contribution is -2.76. The summed E-state index contributed by atoms with van der Waals surface area (Å²) in [5.41, 5.74) is 2.92. The molecule has 9 rings (SSSR count). The summed E-state index contributed by atoms with van der Waals surface area (Å²) in [5, 5.41) is 12.0. The van der Waals surface area contributed by atoms with Crippen LogP contribution in [0.4, 0.5) is 0 Å². The molecule has 2 aromatic carbocycles. The van der Waals surface area contributed by atoms with Crippen LogP contribution in [0.2, 0.25) is 5.02 Å². The van der Waals surface area contributed by atoms with Crippen molar-refractivity contribution in [3.63, 3.8) is 0 Å². The minimum Gasteiger partial charge on any atom is -0.619 e. The van der Waals surface area contributed by atoms with Crippen molar-refractivity contribution in [1.29, 1.82) is 0 Å². The maximum Gasteiger partial charge on any atom is 0.494 e. The molecule has 3 heterocycles. The van der Waals surface area contributed by atoms with Gasteiger partial charge in [-0.15, -0.1) is 0 Å². The Morgan fingerprint density at radius 3 is 2.04 bits per heavy atom. The molecule has 252 valence electrons. The van der Waals surface area contributed by atoms with E-state index in [9.17, 15) is 5.21 Å². The van der Waals surface area contributed by atoms with Crippen molar-refractivity contribution in [3.05, 3.63) is 93.4 Å². The zero-order valence-electron chi connectivity index (χ0n) is 28.2. The highest BCUT2D eigenvalue weighted by Gasteiger charge is 2.77. The molecule has 1 unspecified atom stereocenters. The van der Waals surface area contributed by atoms with Crippen molar-refractivity contribution in [2.24, 2.45) is 23.7 Å². The summed E-state index contributed by atoms with van der Waals surface area (Å²) in [5.74, 6) is 1.62. The van der Waals surface area contributed by atoms with Crippen LogP contribution in [-0.2, 0) is 36.2 Å². The van der Waals surface area contributed by atoms with Crippen LogP contribution in [0, 0.1) is 28.9 Å². The van der Waals surface area contributed by atoms with Gasteiger partial charge in [-0.25, -0.2) is 4.89 Å². The van der Waals surface area contributed by atoms with Gasteiger partial charge in [-0.3, -0.25) is 0 Å². The number of hydrogen-bond acceptors (Lipinski definition) is 7. The fraction of sp³-hybridized carbons (Fsp3) is 0.500. The first-order valence-corrected chi connectivity index (χ1v) is 17.5. The molecular formula is C38H43BClNO7. The molecule has 4 bridgehead atoms. The van der Waals surface area contributed by atoms with Crippen LogP contribution in [0.3, 0.4) is 0 Å². The molecule has 6 aliphatic rings. The van der Waals surface area contributed by atoms with Crippen LogP contribution < -0.4 is 14.9 Å². The molecule has 4 aliphatic carbocycles. The number of aromatic nitrogens is 1. The van der Waals surface area contributed by atoms with Gasteiger partial charge in [0.25, 0.3) is 5.79 Å². The van der Waals surface area contributed by atoms with E-state index in [0.29, 0.717) is 22.6 Å². The van der Waals surface area contributed by atoms with E-state index in [4.69, 9.17) is 40.2 Å². The molecule has 4 saturated carbocycles. The van der Waals surface area contributed by atoms with Gasteiger partial charge in [-0.2, -0.15) is 9.62 Å². The Kier molecular flexibility index (Phi) is 7.79. The zero-order valence-corrected chi connectivity index (χ0v) is 29.0. The maximum absolute atomic E-state index is 11.6. The summed E-state index contributed by atoms with van der Waals surface area (Å²) in [4.78, 5) is 12.3. The van der Waals surface area contributed by atoms with Crippen LogP contribution >= 0.6 is 11.6 Å². The van der Waals surface area contributed by atoms with E-state index in [-0.39, 0.29) is 6.61 Å². The van der Waals surface area contributed by atoms with E-state index in [0.717, 1.165) is 70.0 Å². The highest BCUT2D eigenvalue weighted by molar-refractivity contribution is 6.62. The summed E-state index contributed by atoms with van der Waals surface area (Å²) in [6.45, 7) is 8.49. The third kappa shape index (κ3) is 4.96. The van der Waals surface area contributed by atoms with Gasteiger partial charge in [0.05, 0.1) is 16.2 Å². The van der Waals surface area contributed by atoms with Crippen molar-refractivity contribution >= 4 is 36.3 Å². The predicted molar refractivity (Wildman–Crippen MR) is 183 cm³/mol. The smallest absolute Gasteiger partial charge is 0.494 e. The lowest BCUT2D eigenvalue weighted by Gasteiger charge is -2.68. The quantitative estimate of drug-likeness (QED) is 0.111. The van der Waals surface area contributed by atoms with E-state index in [1.165, 1.54) is 18.8 Å². The Morgan fingerprint density at radius 2 is 1.48 bits per heavy atom. The average Bonchev–Trinajstić information content (AvgIpc) is 3.27. The number of halogens is 1. The second-order valence-electron chi connectivity index (χ2n) is 15.4. The molecule has 0 amide bonds. The SMILES string of the molecule is COC1(c2ccc(/C=C/c3cc[n+]([O-])cc3)c(OCc3ccc(B4OC(C)(C)C(C)(C)O4)cc3)c2Cl)OOC12C1CC3CC(C1)CC2C3. The Morgan fingerprint density at radius 1 is 0.854 bits per heavy atom. The van der Waals surface area contributed by atoms with Gasteiger partial charge < -0.3 is 24.0 Å². The molecule has 3 aromatic rings. The van der Waals surface area contributed by atoms with Crippen LogP contribution in [0.5, 0.6) is 5.75 Å². The highest BCUT2D eigenvalue weighted by atomic mass is 35.5. The first-order chi connectivity index (χ1) is 22.9. The Bertz CT molecular complexity index is 1680. The number of nitrogens with zero attached hydrogens (tertiary/aromatic N) is 1. The summed E-state index contributed by atoms with van der Waals surface area (Å²) in [6.07, 6.45) is 12.7. The maximum atomic E-state index is 11.6. The summed E-state index contributed by atoms with van der Waals surface area (Å²) in [7, 11) is 1.26. The molecule has 6 fully saturated rings. The van der Waals surface area contributed by atoms with E-state index in [1.807, 2.05) is 48.6 Å². The summed E-state index contributed by atoms with van der Waals surface area (Å²) >= 11 is 7.37. The van der Waals surface area contributed by atoms with E-state index < -0.39 is 29.7 Å². The van der Waals surface area contributed by atoms with Crippen LogP contribution in [-0.4, -0.2) is 31.0 Å². The third-order valence-corrected chi connectivity index (χ3v) is 12.5. The van der Waals surface area contributed by atoms with Crippen molar-refractivity contribution in [1.82, 2.24) is 0 Å². The van der Waals surface area contributed by atoms with Crippen molar-refractivity contribution in [2.45, 2.75) is 89.0 Å². The normalized spacial score (nSPS) is 32.7. The Hall–Kier alpha value is -2.92. The lowest BCUT2D eigenvalue weighted by molar-refractivity contribution is -0.645. The van der Waals surface area contributed by atoms with E-state index in [1.54, 1.807) is 19.2 Å². The molecule has 1 spiro atoms. The lowest BCUT2D eigenvalue weighted by atomic mass is 9.47. The van der Waals surface area contributed by atoms with Crippen molar-refractivity contribution in [2.75, 3.05) is 7.11 Å². The monoisotopic (exact) mass is 671 g/mol. The summed E-state index contributed by atoms with van der Waals surface area (Å²) < 4.78 is 26.2. The standard InChI is InChI=1S/C38H43BClNO7/c1-35(2)36(3,4)46-39(45-35)31-11-7-25(8-12-31)23-44-34-28(9-6-24-14-16-41(42)17-15-24)10-13-32(33(34)40)38(43-5)37(47-48-38)29-19-26-18-27(21-29)22-30(37)20-26/h6-17,26-27,29-30H,18-23H2,1-5H3/b9-6+. The topological polar surface area (TPSA) is 82.3 Å². The third-order valence-electron chi connectivity index (χ3n) is 12.1. The molecule has 0 N–H and O–H groups in total. The van der Waals surface area contributed by atoms with Gasteiger partial charge in [0.15, 0.2) is 18.0 Å². The molecule has 2 aliphatic heterocycles. The number of pyridine rings is 1. The van der Waals surface area contributed by atoms with Crippen LogP contribution in [0.1, 0.15) is 82.1 Å². The number of ether oxygens (including phenoxy) is 2. The van der Waals surface area contributed by atoms with Gasteiger partial charge in [-0.05, 0) is 100 Å². The number of methoxy groups -OCH3 is 1. The van der Waals surface area contributed by atoms with Crippen molar-refractivity contribution < 1.29 is 33.3 Å². The van der Waals surface area contributed by atoms with Crippen LogP contribution in [0.25, 0.3) is 12.2 Å². The average molecular weight is 672 g/mol. The van der Waals surface area contributed by atoms with Gasteiger partial charge in [0.1, 0.15) is 12.4 Å². The number of benzene rings is 2. The minimum absolute atomic E-state index is 0.284. The Labute approximate surface area is 287 Å². The molecule has 48 heavy (non-hydrogen) atoms. The van der Waals surface area contributed by atoms with E-state index >= 15 is 0 Å². The Balaban J connectivity index is 1.11. The summed E-state index contributed by atoms with van der Waals surface area (Å²) in [6, 6.07) is 15.6.